The van der Waals surface area contributed by atoms with Crippen molar-refractivity contribution in [3.63, 3.8) is 0 Å². The fourth-order valence-corrected chi connectivity index (χ4v) is 4.60. The van der Waals surface area contributed by atoms with Gasteiger partial charge in [0.1, 0.15) is 0 Å². The maximum atomic E-state index is 12.5. The van der Waals surface area contributed by atoms with Gasteiger partial charge in [0.2, 0.25) is 16.0 Å². The molecule has 0 amide bonds. The topological polar surface area (TPSA) is 75.2 Å². The molecule has 1 aliphatic heterocycles. The zero-order chi connectivity index (χ0) is 19.5. The number of sulfonamides is 1. The van der Waals surface area contributed by atoms with Crippen molar-refractivity contribution in [2.45, 2.75) is 34.2 Å². The van der Waals surface area contributed by atoms with Gasteiger partial charge in [0, 0.05) is 36.4 Å². The fraction of sp³-hybridized carbons (Fsp3) is 0.375. The van der Waals surface area contributed by atoms with Gasteiger partial charge >= 0.3 is 5.51 Å². The van der Waals surface area contributed by atoms with E-state index in [1.165, 1.54) is 12.1 Å². The molecule has 1 aliphatic rings. The van der Waals surface area contributed by atoms with Gasteiger partial charge in [-0.25, -0.2) is 23.1 Å². The van der Waals surface area contributed by atoms with E-state index in [0.717, 1.165) is 12.1 Å². The Morgan fingerprint density at radius 1 is 1.07 bits per heavy atom. The van der Waals surface area contributed by atoms with Gasteiger partial charge in [-0.05, 0) is 54.9 Å². The zero-order valence-corrected chi connectivity index (χ0v) is 15.7. The Kier molecular flexibility index (Phi) is 5.92. The summed E-state index contributed by atoms with van der Waals surface area (Å²) in [6, 6.07) is 6.15. The van der Waals surface area contributed by atoms with Gasteiger partial charge in [0.05, 0.1) is 4.90 Å². The standard InChI is InChI=1S/C16H17F3N4O2S2/c17-16(18,19)26-13-2-4-14(5-3-13)27(24,25)22-12-6-10-23(11-7-12)15-20-8-1-9-21-15/h1-5,8-9,12,22H,6-7,10-11H2. The molecule has 2 aromatic rings. The summed E-state index contributed by atoms with van der Waals surface area (Å²) in [7, 11) is -3.79. The van der Waals surface area contributed by atoms with Crippen molar-refractivity contribution in [1.82, 2.24) is 14.7 Å². The van der Waals surface area contributed by atoms with Crippen molar-refractivity contribution in [1.29, 1.82) is 0 Å². The lowest BCUT2D eigenvalue weighted by molar-refractivity contribution is -0.0328. The number of benzene rings is 1. The van der Waals surface area contributed by atoms with E-state index >= 15 is 0 Å². The predicted molar refractivity (Wildman–Crippen MR) is 95.9 cm³/mol. The SMILES string of the molecule is O=S(=O)(NC1CCN(c2ncccn2)CC1)c1ccc(SC(F)(F)F)cc1. The number of piperidine rings is 1. The molecule has 0 atom stereocenters. The normalized spacial score (nSPS) is 16.5. The summed E-state index contributed by atoms with van der Waals surface area (Å²) < 4.78 is 64.6. The second-order valence-electron chi connectivity index (χ2n) is 5.95. The number of anilines is 1. The van der Waals surface area contributed by atoms with Crippen LogP contribution in [0.4, 0.5) is 19.1 Å². The molecule has 0 spiro atoms. The van der Waals surface area contributed by atoms with Gasteiger partial charge < -0.3 is 4.90 Å². The largest absolute Gasteiger partial charge is 0.446 e. The molecule has 0 aliphatic carbocycles. The van der Waals surface area contributed by atoms with E-state index in [9.17, 15) is 21.6 Å². The third kappa shape index (κ3) is 5.56. The molecule has 1 aromatic heterocycles. The van der Waals surface area contributed by atoms with E-state index < -0.39 is 15.5 Å². The van der Waals surface area contributed by atoms with Crippen molar-refractivity contribution < 1.29 is 21.6 Å². The average molecular weight is 418 g/mol. The second kappa shape index (κ2) is 8.03. The second-order valence-corrected chi connectivity index (χ2v) is 8.80. The van der Waals surface area contributed by atoms with Crippen molar-refractivity contribution in [3.05, 3.63) is 42.7 Å². The van der Waals surface area contributed by atoms with Crippen LogP contribution in [0.25, 0.3) is 0 Å². The van der Waals surface area contributed by atoms with E-state index in [-0.39, 0.29) is 27.6 Å². The average Bonchev–Trinajstić information content (AvgIpc) is 2.62. The third-order valence-corrected chi connectivity index (χ3v) is 6.30. The Morgan fingerprint density at radius 2 is 1.67 bits per heavy atom. The quantitative estimate of drug-likeness (QED) is 0.753. The molecule has 3 rings (SSSR count). The van der Waals surface area contributed by atoms with Gasteiger partial charge in [-0.3, -0.25) is 0 Å². The Bertz CT molecular complexity index is 853. The molecule has 1 aromatic carbocycles. The summed E-state index contributed by atoms with van der Waals surface area (Å²) in [5.74, 6) is 0.608. The van der Waals surface area contributed by atoms with Crippen LogP contribution in [-0.2, 0) is 10.0 Å². The Labute approximate surface area is 159 Å². The van der Waals surface area contributed by atoms with Crippen LogP contribution in [0.2, 0.25) is 0 Å². The number of aromatic nitrogens is 2. The molecule has 1 saturated heterocycles. The summed E-state index contributed by atoms with van der Waals surface area (Å²) in [6.07, 6.45) is 4.47. The Morgan fingerprint density at radius 3 is 2.22 bits per heavy atom. The number of hydrogen-bond donors (Lipinski definition) is 1. The summed E-state index contributed by atoms with van der Waals surface area (Å²) in [6.45, 7) is 1.22. The molecule has 27 heavy (non-hydrogen) atoms. The molecule has 1 fully saturated rings. The lowest BCUT2D eigenvalue weighted by Gasteiger charge is -2.32. The van der Waals surface area contributed by atoms with Crippen molar-refractivity contribution >= 4 is 27.7 Å². The van der Waals surface area contributed by atoms with E-state index in [4.69, 9.17) is 0 Å². The highest BCUT2D eigenvalue weighted by molar-refractivity contribution is 8.00. The molecule has 0 unspecified atom stereocenters. The molecule has 0 bridgehead atoms. The van der Waals surface area contributed by atoms with E-state index in [1.807, 2.05) is 4.90 Å². The third-order valence-electron chi connectivity index (χ3n) is 4.02. The monoisotopic (exact) mass is 418 g/mol. The number of halogens is 3. The minimum Gasteiger partial charge on any atom is -0.341 e. The smallest absolute Gasteiger partial charge is 0.341 e. The van der Waals surface area contributed by atoms with Crippen LogP contribution in [0.15, 0.2) is 52.5 Å². The number of rotatable bonds is 5. The van der Waals surface area contributed by atoms with Crippen molar-refractivity contribution in [3.8, 4) is 0 Å². The van der Waals surface area contributed by atoms with Gasteiger partial charge in [0.25, 0.3) is 0 Å². The van der Waals surface area contributed by atoms with Crippen LogP contribution in [0.1, 0.15) is 12.8 Å². The highest BCUT2D eigenvalue weighted by Crippen LogP contribution is 2.37. The van der Waals surface area contributed by atoms with Crippen LogP contribution in [0.5, 0.6) is 0 Å². The Hall–Kier alpha value is -1.85. The summed E-state index contributed by atoms with van der Waals surface area (Å²) >= 11 is -0.279. The zero-order valence-electron chi connectivity index (χ0n) is 14.1. The number of nitrogens with one attached hydrogen (secondary N) is 1. The lowest BCUT2D eigenvalue weighted by Crippen LogP contribution is -2.45. The number of nitrogens with zero attached hydrogens (tertiary/aromatic N) is 3. The fourth-order valence-electron chi connectivity index (χ4n) is 2.76. The summed E-state index contributed by atoms with van der Waals surface area (Å²) in [4.78, 5) is 10.2. The predicted octanol–water partition coefficient (Wildman–Crippen LogP) is 3.04. The summed E-state index contributed by atoms with van der Waals surface area (Å²) in [5.41, 5.74) is -4.41. The maximum Gasteiger partial charge on any atom is 0.446 e. The van der Waals surface area contributed by atoms with E-state index in [1.54, 1.807) is 18.5 Å². The molecular formula is C16H17F3N4O2S2. The molecule has 146 valence electrons. The molecule has 1 N–H and O–H groups in total. The van der Waals surface area contributed by atoms with Gasteiger partial charge in [-0.2, -0.15) is 13.2 Å². The van der Waals surface area contributed by atoms with Crippen LogP contribution in [-0.4, -0.2) is 43.0 Å². The van der Waals surface area contributed by atoms with Gasteiger partial charge in [0.15, 0.2) is 0 Å². The number of thioether (sulfide) groups is 1. The first-order valence-corrected chi connectivity index (χ1v) is 10.4. The first kappa shape index (κ1) is 19.9. The first-order valence-electron chi connectivity index (χ1n) is 8.13. The minimum absolute atomic E-state index is 0.0529. The molecule has 0 saturated carbocycles. The minimum atomic E-state index is -4.41. The number of alkyl halides is 3. The van der Waals surface area contributed by atoms with Gasteiger partial charge in [-0.1, -0.05) is 0 Å². The molecule has 11 heteroatoms. The molecular weight excluding hydrogens is 401 g/mol. The highest BCUT2D eigenvalue weighted by atomic mass is 32.2. The lowest BCUT2D eigenvalue weighted by atomic mass is 10.1. The van der Waals surface area contributed by atoms with Crippen LogP contribution in [0.3, 0.4) is 0 Å². The van der Waals surface area contributed by atoms with E-state index in [0.29, 0.717) is 31.9 Å². The van der Waals surface area contributed by atoms with Crippen LogP contribution in [0, 0.1) is 0 Å². The van der Waals surface area contributed by atoms with Crippen molar-refractivity contribution in [2.24, 2.45) is 0 Å². The number of hydrogen-bond acceptors (Lipinski definition) is 6. The molecule has 2 heterocycles. The Balaban J connectivity index is 1.59. The van der Waals surface area contributed by atoms with Crippen LogP contribution < -0.4 is 9.62 Å². The molecule has 6 nitrogen and oxygen atoms in total. The molecule has 0 radical (unpaired) electrons. The maximum absolute atomic E-state index is 12.5. The first-order chi connectivity index (χ1) is 12.7. The van der Waals surface area contributed by atoms with Crippen LogP contribution >= 0.6 is 11.8 Å². The van der Waals surface area contributed by atoms with E-state index in [2.05, 4.69) is 14.7 Å². The summed E-state index contributed by atoms with van der Waals surface area (Å²) in [5, 5.41) is 0. The highest BCUT2D eigenvalue weighted by Gasteiger charge is 2.30. The van der Waals surface area contributed by atoms with Gasteiger partial charge in [-0.15, -0.1) is 0 Å². The van der Waals surface area contributed by atoms with Crippen molar-refractivity contribution in [2.75, 3.05) is 18.0 Å².